The van der Waals surface area contributed by atoms with E-state index < -0.39 is 17.7 Å². The molecule has 0 unspecified atom stereocenters. The molecule has 0 aliphatic rings. The third-order valence-corrected chi connectivity index (χ3v) is 4.49. The Kier molecular flexibility index (Phi) is 5.52. The van der Waals surface area contributed by atoms with Crippen LogP contribution in [0.25, 0.3) is 11.6 Å². The van der Waals surface area contributed by atoms with Crippen molar-refractivity contribution >= 4 is 34.9 Å². The molecule has 3 rings (SSSR count). The number of aliphatic carboxylic acids is 1. The Morgan fingerprint density at radius 3 is 2.72 bits per heavy atom. The summed E-state index contributed by atoms with van der Waals surface area (Å²) in [5, 5.41) is 12.8. The minimum atomic E-state index is -4.50. The molecule has 10 heteroatoms. The molecule has 1 atom stereocenters. The topological polar surface area (TPSA) is 93.5 Å². The average molecular weight is 425 g/mol. The number of carbonyl (C=O) groups is 1. The molecule has 0 radical (unpaired) electrons. The number of nitrogen functional groups attached to an aromatic ring is 1. The summed E-state index contributed by atoms with van der Waals surface area (Å²) in [4.78, 5) is 14.9. The summed E-state index contributed by atoms with van der Waals surface area (Å²) in [6.45, 7) is 1.76. The van der Waals surface area contributed by atoms with Gasteiger partial charge in [0, 0.05) is 18.0 Å². The number of halogens is 4. The van der Waals surface area contributed by atoms with E-state index in [2.05, 4.69) is 10.1 Å². The van der Waals surface area contributed by atoms with E-state index in [0.29, 0.717) is 22.3 Å². The van der Waals surface area contributed by atoms with Gasteiger partial charge in [0.1, 0.15) is 0 Å². The van der Waals surface area contributed by atoms with Gasteiger partial charge in [-0.2, -0.15) is 13.2 Å². The van der Waals surface area contributed by atoms with Gasteiger partial charge in [-0.05, 0) is 65.4 Å². The summed E-state index contributed by atoms with van der Waals surface area (Å²) >= 11 is 5.98. The number of carboxylic acids is 1. The maximum Gasteiger partial charge on any atom is 0.416 e. The second kappa shape index (κ2) is 7.75. The molecular formula is C19H16ClF3N4O2. The zero-order valence-electron chi connectivity index (χ0n) is 15.1. The lowest BCUT2D eigenvalue weighted by Gasteiger charge is -2.16. The standard InChI is InChI=1S/C19H16ClF3N4O2/c1-10(12-6-13(19(21,22)23)8-14(24)7-12)4-15-16-5-11(2-3-17(28)29)9-27(16)26-18(20)25-15/h2-3,5-10H,4,24H2,1H3,(H,28,29)/b3-2+/t10-/m0/s1. The Morgan fingerprint density at radius 2 is 2.07 bits per heavy atom. The van der Waals surface area contributed by atoms with Crippen LogP contribution < -0.4 is 5.73 Å². The average Bonchev–Trinajstić information content (AvgIpc) is 3.01. The number of aromatic nitrogens is 3. The highest BCUT2D eigenvalue weighted by atomic mass is 35.5. The quantitative estimate of drug-likeness (QED) is 0.467. The van der Waals surface area contributed by atoms with Crippen LogP contribution in [0.1, 0.15) is 35.2 Å². The third-order valence-electron chi connectivity index (χ3n) is 4.33. The van der Waals surface area contributed by atoms with Crippen molar-refractivity contribution in [3.05, 3.63) is 64.2 Å². The predicted octanol–water partition coefficient (Wildman–Crippen LogP) is 4.43. The van der Waals surface area contributed by atoms with Gasteiger partial charge in [0.25, 0.3) is 0 Å². The van der Waals surface area contributed by atoms with Crippen molar-refractivity contribution in [2.45, 2.75) is 25.4 Å². The number of carboxylic acid groups (broad SMARTS) is 1. The van der Waals surface area contributed by atoms with Crippen molar-refractivity contribution in [2.24, 2.45) is 0 Å². The minimum absolute atomic E-state index is 0.0244. The second-order valence-electron chi connectivity index (χ2n) is 6.59. The van der Waals surface area contributed by atoms with E-state index in [1.807, 2.05) is 0 Å². The number of alkyl halides is 3. The first kappa shape index (κ1) is 20.7. The Labute approximate surface area is 168 Å². The normalized spacial score (nSPS) is 13.3. The molecule has 0 amide bonds. The SMILES string of the molecule is C[C@@H](Cc1nc(Cl)nn2cc(/C=C/C(=O)O)cc12)c1cc(N)cc(C(F)(F)F)c1. The Hall–Kier alpha value is -3.07. The molecule has 0 spiro atoms. The molecule has 0 aliphatic carbocycles. The van der Waals surface area contributed by atoms with Crippen molar-refractivity contribution in [3.8, 4) is 0 Å². The van der Waals surface area contributed by atoms with Crippen LogP contribution in [0, 0.1) is 0 Å². The molecule has 3 N–H and O–H groups in total. The second-order valence-corrected chi connectivity index (χ2v) is 6.93. The number of rotatable bonds is 5. The predicted molar refractivity (Wildman–Crippen MR) is 103 cm³/mol. The van der Waals surface area contributed by atoms with E-state index in [1.165, 1.54) is 16.7 Å². The lowest BCUT2D eigenvalue weighted by atomic mass is 9.93. The molecule has 0 fully saturated rings. The van der Waals surface area contributed by atoms with Crippen LogP contribution in [0.5, 0.6) is 0 Å². The van der Waals surface area contributed by atoms with E-state index in [-0.39, 0.29) is 23.3 Å². The molecule has 0 bridgehead atoms. The molecule has 0 saturated heterocycles. The van der Waals surface area contributed by atoms with E-state index in [4.69, 9.17) is 22.4 Å². The van der Waals surface area contributed by atoms with Gasteiger partial charge in [0.05, 0.1) is 16.8 Å². The highest BCUT2D eigenvalue weighted by Gasteiger charge is 2.31. The Morgan fingerprint density at radius 1 is 1.34 bits per heavy atom. The van der Waals surface area contributed by atoms with Gasteiger partial charge in [0.15, 0.2) is 0 Å². The first-order valence-corrected chi connectivity index (χ1v) is 8.84. The molecule has 1 aromatic carbocycles. The molecule has 6 nitrogen and oxygen atoms in total. The van der Waals surface area contributed by atoms with Crippen molar-refractivity contribution < 1.29 is 23.1 Å². The highest BCUT2D eigenvalue weighted by Crippen LogP contribution is 2.34. The number of hydrogen-bond acceptors (Lipinski definition) is 4. The number of benzene rings is 1. The molecule has 2 heterocycles. The van der Waals surface area contributed by atoms with Crippen molar-refractivity contribution in [1.29, 1.82) is 0 Å². The first-order chi connectivity index (χ1) is 13.5. The molecular weight excluding hydrogens is 409 g/mol. The van der Waals surface area contributed by atoms with Gasteiger partial charge in [-0.3, -0.25) is 0 Å². The highest BCUT2D eigenvalue weighted by molar-refractivity contribution is 6.28. The summed E-state index contributed by atoms with van der Waals surface area (Å²) in [5.74, 6) is -1.44. The monoisotopic (exact) mass is 424 g/mol. The maximum atomic E-state index is 13.1. The molecule has 0 saturated carbocycles. The van der Waals surface area contributed by atoms with Crippen LogP contribution in [0.3, 0.4) is 0 Å². The largest absolute Gasteiger partial charge is 0.478 e. The van der Waals surface area contributed by atoms with E-state index in [1.54, 1.807) is 19.2 Å². The summed E-state index contributed by atoms with van der Waals surface area (Å²) in [6.07, 6.45) is -0.261. The van der Waals surface area contributed by atoms with Crippen molar-refractivity contribution in [1.82, 2.24) is 14.6 Å². The Bertz CT molecular complexity index is 1110. The minimum Gasteiger partial charge on any atom is -0.478 e. The first-order valence-electron chi connectivity index (χ1n) is 8.46. The zero-order valence-corrected chi connectivity index (χ0v) is 15.9. The molecule has 152 valence electrons. The zero-order chi connectivity index (χ0) is 21.3. The van der Waals surface area contributed by atoms with E-state index in [9.17, 15) is 18.0 Å². The van der Waals surface area contributed by atoms with Crippen LogP contribution in [-0.4, -0.2) is 25.7 Å². The van der Waals surface area contributed by atoms with Crippen LogP contribution in [0.15, 0.2) is 36.5 Å². The van der Waals surface area contributed by atoms with Crippen LogP contribution >= 0.6 is 11.6 Å². The lowest BCUT2D eigenvalue weighted by Crippen LogP contribution is -2.09. The third kappa shape index (κ3) is 4.86. The fourth-order valence-corrected chi connectivity index (χ4v) is 3.18. The van der Waals surface area contributed by atoms with Crippen LogP contribution in [-0.2, 0) is 17.4 Å². The van der Waals surface area contributed by atoms with E-state index >= 15 is 0 Å². The van der Waals surface area contributed by atoms with Gasteiger partial charge >= 0.3 is 12.1 Å². The number of anilines is 1. The summed E-state index contributed by atoms with van der Waals surface area (Å²) in [6, 6.07) is 5.14. The molecule has 3 aromatic rings. The smallest absolute Gasteiger partial charge is 0.416 e. The van der Waals surface area contributed by atoms with E-state index in [0.717, 1.165) is 18.2 Å². The molecule has 2 aromatic heterocycles. The van der Waals surface area contributed by atoms with Gasteiger partial charge < -0.3 is 10.8 Å². The number of nitrogens with zero attached hydrogens (tertiary/aromatic N) is 3. The van der Waals surface area contributed by atoms with Gasteiger partial charge in [-0.15, -0.1) is 5.10 Å². The summed E-state index contributed by atoms with van der Waals surface area (Å²) < 4.78 is 40.7. The number of hydrogen-bond donors (Lipinski definition) is 2. The lowest BCUT2D eigenvalue weighted by molar-refractivity contribution is -0.137. The van der Waals surface area contributed by atoms with Gasteiger partial charge in [-0.1, -0.05) is 6.92 Å². The summed E-state index contributed by atoms with van der Waals surface area (Å²) in [7, 11) is 0. The van der Waals surface area contributed by atoms with Crippen molar-refractivity contribution in [2.75, 3.05) is 5.73 Å². The number of nitrogens with two attached hydrogens (primary N) is 1. The fraction of sp³-hybridized carbons (Fsp3) is 0.211. The Balaban J connectivity index is 1.97. The number of fused-ring (bicyclic) bond motifs is 1. The fourth-order valence-electron chi connectivity index (χ4n) is 2.99. The van der Waals surface area contributed by atoms with Gasteiger partial charge in [0.2, 0.25) is 5.28 Å². The molecule has 29 heavy (non-hydrogen) atoms. The molecule has 0 aliphatic heterocycles. The maximum absolute atomic E-state index is 13.1. The van der Waals surface area contributed by atoms with Gasteiger partial charge in [-0.25, -0.2) is 14.3 Å². The van der Waals surface area contributed by atoms with Crippen LogP contribution in [0.4, 0.5) is 18.9 Å². The van der Waals surface area contributed by atoms with Crippen LogP contribution in [0.2, 0.25) is 5.28 Å². The van der Waals surface area contributed by atoms with Crippen molar-refractivity contribution in [3.63, 3.8) is 0 Å². The summed E-state index contributed by atoms with van der Waals surface area (Å²) in [5.41, 5.74) is 6.95.